The molecule has 0 saturated carbocycles. The number of aryl methyl sites for hydroxylation is 2. The second-order valence-electron chi connectivity index (χ2n) is 3.00. The minimum Gasteiger partial charge on any atom is -0.343 e. The molecular formula is C9H13O2P. The minimum absolute atomic E-state index is 0.625. The molecule has 0 spiro atoms. The lowest BCUT2D eigenvalue weighted by molar-refractivity contribution is 0.513. The second kappa shape index (κ2) is 3.42. The van der Waals surface area contributed by atoms with Crippen molar-refractivity contribution in [2.75, 3.05) is 0 Å². The van der Waals surface area contributed by atoms with Crippen molar-refractivity contribution in [1.82, 2.24) is 0 Å². The van der Waals surface area contributed by atoms with Gasteiger partial charge in [0.1, 0.15) is 0 Å². The number of rotatable bonds is 1. The van der Waals surface area contributed by atoms with Crippen molar-refractivity contribution in [2.45, 2.75) is 20.8 Å². The van der Waals surface area contributed by atoms with E-state index in [0.717, 1.165) is 16.7 Å². The van der Waals surface area contributed by atoms with Crippen LogP contribution in [0.25, 0.3) is 0 Å². The first kappa shape index (κ1) is 9.50. The van der Waals surface area contributed by atoms with E-state index >= 15 is 0 Å². The van der Waals surface area contributed by atoms with Gasteiger partial charge in [0.25, 0.3) is 0 Å². The van der Waals surface area contributed by atoms with Gasteiger partial charge in [0.2, 0.25) is 8.03 Å². The Morgan fingerprint density at radius 3 is 2.08 bits per heavy atom. The first-order chi connectivity index (χ1) is 5.54. The van der Waals surface area contributed by atoms with E-state index in [2.05, 4.69) is 0 Å². The van der Waals surface area contributed by atoms with Crippen LogP contribution in [0.1, 0.15) is 16.7 Å². The van der Waals surface area contributed by atoms with Crippen LogP contribution in [0.2, 0.25) is 0 Å². The largest absolute Gasteiger partial charge is 0.343 e. The molecule has 3 heteroatoms. The number of benzene rings is 1. The van der Waals surface area contributed by atoms with Crippen LogP contribution >= 0.6 is 8.03 Å². The molecule has 0 aliphatic carbocycles. The lowest BCUT2D eigenvalue weighted by Gasteiger charge is -2.08. The predicted molar refractivity (Wildman–Crippen MR) is 51.5 cm³/mol. The molecule has 1 aromatic rings. The van der Waals surface area contributed by atoms with Gasteiger partial charge in [0.15, 0.2) is 0 Å². The topological polar surface area (TPSA) is 37.3 Å². The summed E-state index contributed by atoms with van der Waals surface area (Å²) < 4.78 is 11.0. The molecule has 0 aromatic heterocycles. The molecule has 0 bridgehead atoms. The Balaban J connectivity index is 3.43. The highest BCUT2D eigenvalue weighted by atomic mass is 31.1. The molecule has 0 aliphatic heterocycles. The summed E-state index contributed by atoms with van der Waals surface area (Å²) in [4.78, 5) is 9.06. The maximum Gasteiger partial charge on any atom is 0.218 e. The Morgan fingerprint density at radius 2 is 1.67 bits per heavy atom. The fourth-order valence-corrected chi connectivity index (χ4v) is 2.22. The van der Waals surface area contributed by atoms with E-state index in [1.54, 1.807) is 0 Å². The van der Waals surface area contributed by atoms with Gasteiger partial charge >= 0.3 is 0 Å². The molecule has 1 unspecified atom stereocenters. The molecule has 0 fully saturated rings. The molecule has 1 aromatic carbocycles. The lowest BCUT2D eigenvalue weighted by Crippen LogP contribution is -2.07. The standard InChI is InChI=1S/C9H13O2P/c1-6-4-5-7(2)9(8(6)3)12(10)11/h4-5,12H,1-3H3,(H,10,11). The lowest BCUT2D eigenvalue weighted by atomic mass is 10.1. The third-order valence-electron chi connectivity index (χ3n) is 2.16. The van der Waals surface area contributed by atoms with E-state index in [1.807, 2.05) is 32.9 Å². The van der Waals surface area contributed by atoms with Gasteiger partial charge in [-0.05, 0) is 37.5 Å². The monoisotopic (exact) mass is 184 g/mol. The Morgan fingerprint density at radius 1 is 1.17 bits per heavy atom. The Labute approximate surface area is 73.1 Å². The SMILES string of the molecule is Cc1ccc(C)c([PH](=O)O)c1C. The van der Waals surface area contributed by atoms with Crippen LogP contribution in [0.4, 0.5) is 0 Å². The zero-order valence-electron chi connectivity index (χ0n) is 7.51. The maximum absolute atomic E-state index is 11.0. The molecule has 2 nitrogen and oxygen atoms in total. The van der Waals surface area contributed by atoms with Crippen LogP contribution in [0.5, 0.6) is 0 Å². The minimum atomic E-state index is -2.54. The Bertz CT molecular complexity index is 332. The maximum atomic E-state index is 11.0. The van der Waals surface area contributed by atoms with Gasteiger partial charge in [-0.3, -0.25) is 4.57 Å². The molecule has 0 saturated heterocycles. The summed E-state index contributed by atoms with van der Waals surface area (Å²) in [5.41, 5.74) is 2.92. The van der Waals surface area contributed by atoms with Gasteiger partial charge < -0.3 is 4.89 Å². The van der Waals surface area contributed by atoms with E-state index in [0.29, 0.717) is 5.30 Å². The van der Waals surface area contributed by atoms with E-state index in [-0.39, 0.29) is 0 Å². The van der Waals surface area contributed by atoms with Crippen molar-refractivity contribution in [1.29, 1.82) is 0 Å². The average Bonchev–Trinajstić information content (AvgIpc) is 1.97. The van der Waals surface area contributed by atoms with Crippen LogP contribution in [-0.2, 0) is 4.57 Å². The first-order valence-electron chi connectivity index (χ1n) is 3.84. The zero-order valence-corrected chi connectivity index (χ0v) is 8.51. The Hall–Kier alpha value is -0.590. The summed E-state index contributed by atoms with van der Waals surface area (Å²) >= 11 is 0. The summed E-state index contributed by atoms with van der Waals surface area (Å²) in [5, 5.41) is 0.625. The predicted octanol–water partition coefficient (Wildman–Crippen LogP) is 1.70. The Kier molecular flexibility index (Phi) is 2.71. The highest BCUT2D eigenvalue weighted by molar-refractivity contribution is 7.47. The van der Waals surface area contributed by atoms with E-state index in [4.69, 9.17) is 4.89 Å². The van der Waals surface area contributed by atoms with Crippen molar-refractivity contribution < 1.29 is 9.46 Å². The second-order valence-corrected chi connectivity index (χ2v) is 4.11. The molecule has 66 valence electrons. The molecule has 0 radical (unpaired) electrons. The van der Waals surface area contributed by atoms with Gasteiger partial charge in [-0.25, -0.2) is 0 Å². The van der Waals surface area contributed by atoms with Crippen molar-refractivity contribution >= 4 is 13.3 Å². The molecule has 0 aliphatic rings. The zero-order chi connectivity index (χ0) is 9.30. The molecule has 0 heterocycles. The molecular weight excluding hydrogens is 171 g/mol. The molecule has 1 atom stereocenters. The van der Waals surface area contributed by atoms with E-state index in [1.165, 1.54) is 0 Å². The normalized spacial score (nSPS) is 13.0. The third kappa shape index (κ3) is 1.60. The first-order valence-corrected chi connectivity index (χ1v) is 5.19. The smallest absolute Gasteiger partial charge is 0.218 e. The molecule has 1 rings (SSSR count). The summed E-state index contributed by atoms with van der Waals surface area (Å²) in [6.45, 7) is 5.69. The van der Waals surface area contributed by atoms with Crippen LogP contribution in [0, 0.1) is 20.8 Å². The highest BCUT2D eigenvalue weighted by Crippen LogP contribution is 2.20. The van der Waals surface area contributed by atoms with E-state index in [9.17, 15) is 4.57 Å². The fourth-order valence-electron chi connectivity index (χ4n) is 1.28. The fraction of sp³-hybridized carbons (Fsp3) is 0.333. The van der Waals surface area contributed by atoms with Gasteiger partial charge in [-0.15, -0.1) is 0 Å². The molecule has 0 amide bonds. The summed E-state index contributed by atoms with van der Waals surface area (Å²) in [5.74, 6) is 0. The van der Waals surface area contributed by atoms with Crippen molar-refractivity contribution in [2.24, 2.45) is 0 Å². The average molecular weight is 184 g/mol. The van der Waals surface area contributed by atoms with Crippen LogP contribution in [-0.4, -0.2) is 4.89 Å². The highest BCUT2D eigenvalue weighted by Gasteiger charge is 2.08. The summed E-state index contributed by atoms with van der Waals surface area (Å²) in [6, 6.07) is 3.86. The van der Waals surface area contributed by atoms with Gasteiger partial charge in [-0.1, -0.05) is 12.1 Å². The van der Waals surface area contributed by atoms with Crippen molar-refractivity contribution in [3.8, 4) is 0 Å². The van der Waals surface area contributed by atoms with Crippen molar-refractivity contribution in [3.05, 3.63) is 28.8 Å². The number of hydrogen-bond donors (Lipinski definition) is 1. The van der Waals surface area contributed by atoms with Gasteiger partial charge in [-0.2, -0.15) is 0 Å². The molecule has 12 heavy (non-hydrogen) atoms. The van der Waals surface area contributed by atoms with Crippen LogP contribution in [0.15, 0.2) is 12.1 Å². The number of hydrogen-bond acceptors (Lipinski definition) is 1. The molecule has 1 N–H and O–H groups in total. The third-order valence-corrected chi connectivity index (χ3v) is 3.36. The van der Waals surface area contributed by atoms with Gasteiger partial charge in [0, 0.05) is 5.30 Å². The van der Waals surface area contributed by atoms with Crippen molar-refractivity contribution in [3.63, 3.8) is 0 Å². The van der Waals surface area contributed by atoms with Gasteiger partial charge in [0.05, 0.1) is 0 Å². The van der Waals surface area contributed by atoms with Crippen LogP contribution < -0.4 is 5.30 Å². The van der Waals surface area contributed by atoms with E-state index < -0.39 is 8.03 Å². The summed E-state index contributed by atoms with van der Waals surface area (Å²) in [7, 11) is -2.54. The van der Waals surface area contributed by atoms with Crippen LogP contribution in [0.3, 0.4) is 0 Å². The summed E-state index contributed by atoms with van der Waals surface area (Å²) in [6.07, 6.45) is 0. The quantitative estimate of drug-likeness (QED) is 0.674.